The number of allylic oxidation sites excluding steroid dienone is 1. The van der Waals surface area contributed by atoms with Crippen molar-refractivity contribution in [2.75, 3.05) is 0 Å². The van der Waals surface area contributed by atoms with Gasteiger partial charge in [0.25, 0.3) is 0 Å². The third kappa shape index (κ3) is 3.70. The fourth-order valence-electron chi connectivity index (χ4n) is 1.50. The lowest BCUT2D eigenvalue weighted by Gasteiger charge is -2.17. The third-order valence-electron chi connectivity index (χ3n) is 2.39. The first-order valence-electron chi connectivity index (χ1n) is 5.10. The molecule has 0 heterocycles. The molecule has 0 aliphatic carbocycles. The predicted molar refractivity (Wildman–Crippen MR) is 68.2 cm³/mol. The minimum Gasteiger partial charge on any atom is -0.271 e. The molecule has 0 aromatic heterocycles. The Morgan fingerprint density at radius 3 is 2.88 bits per heavy atom. The van der Waals surface area contributed by atoms with E-state index in [0.717, 1.165) is 28.5 Å². The van der Waals surface area contributed by atoms with Crippen molar-refractivity contribution >= 4 is 15.9 Å². The van der Waals surface area contributed by atoms with E-state index in [4.69, 9.17) is 5.84 Å². The molecule has 1 unspecified atom stereocenters. The van der Waals surface area contributed by atoms with Crippen molar-refractivity contribution in [2.24, 2.45) is 5.84 Å². The van der Waals surface area contributed by atoms with Crippen LogP contribution in [0.2, 0.25) is 0 Å². The van der Waals surface area contributed by atoms with Crippen LogP contribution in [0.1, 0.15) is 31.4 Å². The molecule has 1 aromatic rings. The second-order valence-corrected chi connectivity index (χ2v) is 4.74. The van der Waals surface area contributed by atoms with E-state index in [0.29, 0.717) is 0 Å². The Labute approximate surface area is 104 Å². The topological polar surface area (TPSA) is 38.0 Å². The van der Waals surface area contributed by atoms with E-state index in [1.54, 1.807) is 6.07 Å². The van der Waals surface area contributed by atoms with Crippen LogP contribution in [0, 0.1) is 5.82 Å². The number of nitrogens with two attached hydrogens (primary N) is 1. The molecule has 4 heteroatoms. The van der Waals surface area contributed by atoms with Crippen molar-refractivity contribution in [3.8, 4) is 0 Å². The Morgan fingerprint density at radius 1 is 1.62 bits per heavy atom. The Hall–Kier alpha value is -0.710. The maximum atomic E-state index is 13.1. The maximum Gasteiger partial charge on any atom is 0.123 e. The molecule has 3 N–H and O–H groups in total. The monoisotopic (exact) mass is 286 g/mol. The van der Waals surface area contributed by atoms with Gasteiger partial charge >= 0.3 is 0 Å². The summed E-state index contributed by atoms with van der Waals surface area (Å²) in [6.45, 7) is 5.81. The standard InChI is InChI=1S/C12H16BrFN2/c1-8(2)3-6-12(16-15)10-7-9(14)4-5-11(10)13/h4-5,7,12,16H,1,3,6,15H2,2H3. The van der Waals surface area contributed by atoms with Crippen molar-refractivity contribution in [3.05, 3.63) is 46.2 Å². The van der Waals surface area contributed by atoms with E-state index < -0.39 is 0 Å². The Kier molecular flexibility index (Phi) is 5.12. The molecule has 0 saturated carbocycles. The van der Waals surface area contributed by atoms with Gasteiger partial charge < -0.3 is 0 Å². The van der Waals surface area contributed by atoms with Gasteiger partial charge in [-0.05, 0) is 43.5 Å². The van der Waals surface area contributed by atoms with E-state index in [9.17, 15) is 4.39 Å². The van der Waals surface area contributed by atoms with Gasteiger partial charge in [-0.1, -0.05) is 21.5 Å². The van der Waals surface area contributed by atoms with Gasteiger partial charge in [0, 0.05) is 10.5 Å². The third-order valence-corrected chi connectivity index (χ3v) is 3.12. The molecule has 0 fully saturated rings. The van der Waals surface area contributed by atoms with Crippen LogP contribution in [-0.4, -0.2) is 0 Å². The highest BCUT2D eigenvalue weighted by Crippen LogP contribution is 2.27. The highest BCUT2D eigenvalue weighted by Gasteiger charge is 2.13. The number of hydrogen-bond acceptors (Lipinski definition) is 2. The Balaban J connectivity index is 2.85. The minimum atomic E-state index is -0.256. The van der Waals surface area contributed by atoms with Crippen molar-refractivity contribution in [1.82, 2.24) is 5.43 Å². The van der Waals surface area contributed by atoms with E-state index in [-0.39, 0.29) is 11.9 Å². The smallest absolute Gasteiger partial charge is 0.123 e. The zero-order chi connectivity index (χ0) is 12.1. The summed E-state index contributed by atoms with van der Waals surface area (Å²) < 4.78 is 14.0. The van der Waals surface area contributed by atoms with Crippen molar-refractivity contribution < 1.29 is 4.39 Å². The van der Waals surface area contributed by atoms with Crippen LogP contribution >= 0.6 is 15.9 Å². The molecule has 1 rings (SSSR count). The van der Waals surface area contributed by atoms with E-state index in [1.807, 2.05) is 6.92 Å². The number of hydrazine groups is 1. The van der Waals surface area contributed by atoms with E-state index in [1.165, 1.54) is 12.1 Å². The molecule has 1 aromatic carbocycles. The molecule has 0 aliphatic rings. The molecule has 88 valence electrons. The number of halogens is 2. The first-order valence-corrected chi connectivity index (χ1v) is 5.89. The van der Waals surface area contributed by atoms with Crippen LogP contribution in [0.15, 0.2) is 34.8 Å². The average Bonchev–Trinajstić information content (AvgIpc) is 2.23. The molecule has 0 spiro atoms. The van der Waals surface area contributed by atoms with Crippen LogP contribution in [-0.2, 0) is 0 Å². The lowest BCUT2D eigenvalue weighted by Crippen LogP contribution is -2.28. The highest BCUT2D eigenvalue weighted by atomic mass is 79.9. The summed E-state index contributed by atoms with van der Waals surface area (Å²) in [5.74, 6) is 5.23. The van der Waals surface area contributed by atoms with Gasteiger partial charge in [0.2, 0.25) is 0 Å². The van der Waals surface area contributed by atoms with Gasteiger partial charge in [-0.25, -0.2) is 4.39 Å². The summed E-state index contributed by atoms with van der Waals surface area (Å²) in [5.41, 5.74) is 4.63. The summed E-state index contributed by atoms with van der Waals surface area (Å²) in [5, 5.41) is 0. The lowest BCUT2D eigenvalue weighted by atomic mass is 10.0. The van der Waals surface area contributed by atoms with Crippen molar-refractivity contribution in [3.63, 3.8) is 0 Å². The van der Waals surface area contributed by atoms with Gasteiger partial charge in [-0.3, -0.25) is 11.3 Å². The fourth-order valence-corrected chi connectivity index (χ4v) is 2.02. The zero-order valence-corrected chi connectivity index (χ0v) is 10.8. The van der Waals surface area contributed by atoms with Crippen LogP contribution < -0.4 is 11.3 Å². The summed E-state index contributed by atoms with van der Waals surface area (Å²) in [6, 6.07) is 4.53. The maximum absolute atomic E-state index is 13.1. The SMILES string of the molecule is C=C(C)CCC(NN)c1cc(F)ccc1Br. The zero-order valence-electron chi connectivity index (χ0n) is 9.26. The Bertz CT molecular complexity index is 379. The molecular formula is C12H16BrFN2. The first kappa shape index (κ1) is 13.4. The summed E-state index contributed by atoms with van der Waals surface area (Å²) >= 11 is 3.39. The Morgan fingerprint density at radius 2 is 2.31 bits per heavy atom. The quantitative estimate of drug-likeness (QED) is 0.494. The highest BCUT2D eigenvalue weighted by molar-refractivity contribution is 9.10. The molecule has 1 atom stereocenters. The lowest BCUT2D eigenvalue weighted by molar-refractivity contribution is 0.509. The molecule has 2 nitrogen and oxygen atoms in total. The molecule has 0 radical (unpaired) electrons. The van der Waals surface area contributed by atoms with Crippen molar-refractivity contribution in [1.29, 1.82) is 0 Å². The van der Waals surface area contributed by atoms with Crippen LogP contribution in [0.4, 0.5) is 4.39 Å². The predicted octanol–water partition coefficient (Wildman–Crippen LogP) is 3.45. The summed E-state index contributed by atoms with van der Waals surface area (Å²) in [6.07, 6.45) is 1.66. The van der Waals surface area contributed by atoms with Gasteiger partial charge in [-0.2, -0.15) is 0 Å². The van der Waals surface area contributed by atoms with Gasteiger partial charge in [0.1, 0.15) is 5.82 Å². The van der Waals surface area contributed by atoms with Gasteiger partial charge in [0.05, 0.1) is 0 Å². The number of rotatable bonds is 5. The molecule has 0 amide bonds. The van der Waals surface area contributed by atoms with Crippen LogP contribution in [0.3, 0.4) is 0 Å². The molecule has 0 aliphatic heterocycles. The van der Waals surface area contributed by atoms with Crippen LogP contribution in [0.25, 0.3) is 0 Å². The second kappa shape index (κ2) is 6.13. The second-order valence-electron chi connectivity index (χ2n) is 3.88. The van der Waals surface area contributed by atoms with Gasteiger partial charge in [-0.15, -0.1) is 6.58 Å². The molecular weight excluding hydrogens is 271 g/mol. The van der Waals surface area contributed by atoms with E-state index in [2.05, 4.69) is 27.9 Å². The van der Waals surface area contributed by atoms with Crippen molar-refractivity contribution in [2.45, 2.75) is 25.8 Å². The average molecular weight is 287 g/mol. The van der Waals surface area contributed by atoms with Gasteiger partial charge in [0.15, 0.2) is 0 Å². The molecule has 16 heavy (non-hydrogen) atoms. The first-order chi connectivity index (χ1) is 7.54. The van der Waals surface area contributed by atoms with Crippen LogP contribution in [0.5, 0.6) is 0 Å². The normalized spacial score (nSPS) is 12.5. The largest absolute Gasteiger partial charge is 0.271 e. The summed E-state index contributed by atoms with van der Waals surface area (Å²) in [7, 11) is 0. The number of benzene rings is 1. The number of hydrogen-bond donors (Lipinski definition) is 2. The van der Waals surface area contributed by atoms with E-state index >= 15 is 0 Å². The molecule has 0 saturated heterocycles. The summed E-state index contributed by atoms with van der Waals surface area (Å²) in [4.78, 5) is 0. The molecule has 0 bridgehead atoms. The fraction of sp³-hybridized carbons (Fsp3) is 0.333. The number of nitrogens with one attached hydrogen (secondary N) is 1. The minimum absolute atomic E-state index is 0.0678.